The Labute approximate surface area is 145 Å². The number of benzene rings is 1. The van der Waals surface area contributed by atoms with Gasteiger partial charge in [0.05, 0.1) is 11.9 Å². The number of hydrogen-bond acceptors (Lipinski definition) is 4. The molecule has 1 aromatic carbocycles. The van der Waals surface area contributed by atoms with Gasteiger partial charge in [0.15, 0.2) is 0 Å². The van der Waals surface area contributed by atoms with Gasteiger partial charge in [-0.3, -0.25) is 9.78 Å². The van der Waals surface area contributed by atoms with Crippen molar-refractivity contribution in [2.24, 2.45) is 0 Å². The van der Waals surface area contributed by atoms with E-state index in [0.717, 1.165) is 5.56 Å². The number of anilines is 1. The molecule has 0 saturated carbocycles. The average molecular weight is 336 g/mol. The Bertz CT molecular complexity index is 838. The van der Waals surface area contributed by atoms with E-state index in [1.807, 2.05) is 12.1 Å². The van der Waals surface area contributed by atoms with E-state index in [2.05, 4.69) is 20.6 Å². The lowest BCUT2D eigenvalue weighted by Gasteiger charge is -2.08. The van der Waals surface area contributed by atoms with Crippen molar-refractivity contribution < 1.29 is 9.18 Å². The molecule has 0 unspecified atom stereocenters. The smallest absolute Gasteiger partial charge is 0.270 e. The highest BCUT2D eigenvalue weighted by Gasteiger charge is 2.07. The first-order chi connectivity index (χ1) is 12.2. The molecule has 3 aromatic rings. The highest BCUT2D eigenvalue weighted by atomic mass is 19.1. The number of carbonyl (C=O) groups excluding carboxylic acids is 1. The fourth-order valence-corrected chi connectivity index (χ4v) is 2.25. The Kier molecular flexibility index (Phi) is 5.31. The third-order valence-corrected chi connectivity index (χ3v) is 3.64. The molecule has 0 spiro atoms. The fraction of sp³-hybridized carbons (Fsp3) is 0.105. The van der Waals surface area contributed by atoms with Gasteiger partial charge in [-0.05, 0) is 35.9 Å². The predicted molar refractivity (Wildman–Crippen MR) is 93.4 cm³/mol. The van der Waals surface area contributed by atoms with Gasteiger partial charge in [0.1, 0.15) is 11.5 Å². The molecular formula is C19H17FN4O. The fourth-order valence-electron chi connectivity index (χ4n) is 2.25. The molecule has 0 atom stereocenters. The molecule has 126 valence electrons. The Morgan fingerprint density at radius 1 is 1.00 bits per heavy atom. The molecule has 0 aliphatic carbocycles. The van der Waals surface area contributed by atoms with Crippen LogP contribution in [-0.2, 0) is 13.1 Å². The van der Waals surface area contributed by atoms with Crippen LogP contribution in [0, 0.1) is 5.82 Å². The molecule has 0 saturated heterocycles. The third kappa shape index (κ3) is 4.60. The second-order valence-corrected chi connectivity index (χ2v) is 5.42. The Hall–Kier alpha value is -3.28. The molecule has 0 bridgehead atoms. The minimum Gasteiger partial charge on any atom is -0.380 e. The van der Waals surface area contributed by atoms with Crippen molar-refractivity contribution >= 4 is 11.6 Å². The number of nitrogens with one attached hydrogen (secondary N) is 2. The lowest BCUT2D eigenvalue weighted by Crippen LogP contribution is -2.23. The summed E-state index contributed by atoms with van der Waals surface area (Å²) in [7, 11) is 0. The van der Waals surface area contributed by atoms with Gasteiger partial charge < -0.3 is 10.6 Å². The first-order valence-electron chi connectivity index (χ1n) is 7.83. The standard InChI is InChI=1S/C19H17FN4O/c20-17-4-2-1-3-15(17)12-22-16-5-6-18(23-13-16)19(25)24-11-14-7-9-21-10-8-14/h1-10,13,22H,11-12H2,(H,24,25). The number of rotatable bonds is 6. The van der Waals surface area contributed by atoms with Gasteiger partial charge in [0.2, 0.25) is 0 Å². The molecule has 6 heteroatoms. The van der Waals surface area contributed by atoms with Crippen LogP contribution in [0.3, 0.4) is 0 Å². The summed E-state index contributed by atoms with van der Waals surface area (Å²) in [6.45, 7) is 0.762. The van der Waals surface area contributed by atoms with Crippen LogP contribution >= 0.6 is 0 Å². The van der Waals surface area contributed by atoms with Crippen molar-refractivity contribution in [2.45, 2.75) is 13.1 Å². The van der Waals surface area contributed by atoms with Crippen LogP contribution < -0.4 is 10.6 Å². The minimum absolute atomic E-state index is 0.252. The van der Waals surface area contributed by atoms with E-state index >= 15 is 0 Å². The Balaban J connectivity index is 1.54. The SMILES string of the molecule is O=C(NCc1ccncc1)c1ccc(NCc2ccccc2F)cn1. The van der Waals surface area contributed by atoms with E-state index in [1.54, 1.807) is 48.9 Å². The summed E-state index contributed by atoms with van der Waals surface area (Å²) in [5.41, 5.74) is 2.58. The monoisotopic (exact) mass is 336 g/mol. The number of amides is 1. The van der Waals surface area contributed by atoms with Gasteiger partial charge in [-0.25, -0.2) is 9.37 Å². The van der Waals surface area contributed by atoms with Crippen molar-refractivity contribution in [1.82, 2.24) is 15.3 Å². The van der Waals surface area contributed by atoms with Crippen molar-refractivity contribution in [2.75, 3.05) is 5.32 Å². The van der Waals surface area contributed by atoms with Gasteiger partial charge in [-0.2, -0.15) is 0 Å². The van der Waals surface area contributed by atoms with Gasteiger partial charge in [-0.15, -0.1) is 0 Å². The number of carbonyl (C=O) groups is 1. The minimum atomic E-state index is -0.255. The van der Waals surface area contributed by atoms with Gasteiger partial charge >= 0.3 is 0 Å². The molecule has 0 fully saturated rings. The quantitative estimate of drug-likeness (QED) is 0.726. The maximum Gasteiger partial charge on any atom is 0.270 e. The maximum atomic E-state index is 13.6. The maximum absolute atomic E-state index is 13.6. The summed E-state index contributed by atoms with van der Waals surface area (Å²) < 4.78 is 13.6. The van der Waals surface area contributed by atoms with Crippen LogP contribution in [0.2, 0.25) is 0 Å². The van der Waals surface area contributed by atoms with E-state index in [1.165, 1.54) is 6.07 Å². The van der Waals surface area contributed by atoms with Gasteiger partial charge in [0, 0.05) is 31.0 Å². The van der Waals surface area contributed by atoms with Gasteiger partial charge in [-0.1, -0.05) is 18.2 Å². The molecule has 2 aromatic heterocycles. The van der Waals surface area contributed by atoms with Crippen molar-refractivity contribution in [3.05, 3.63) is 89.8 Å². The predicted octanol–water partition coefficient (Wildman–Crippen LogP) is 3.16. The molecule has 25 heavy (non-hydrogen) atoms. The molecule has 2 heterocycles. The van der Waals surface area contributed by atoms with Gasteiger partial charge in [0.25, 0.3) is 5.91 Å². The zero-order valence-electron chi connectivity index (χ0n) is 13.4. The summed E-state index contributed by atoms with van der Waals surface area (Å²) in [5.74, 6) is -0.507. The van der Waals surface area contributed by atoms with E-state index in [0.29, 0.717) is 30.0 Å². The second-order valence-electron chi connectivity index (χ2n) is 5.42. The van der Waals surface area contributed by atoms with Crippen LogP contribution in [-0.4, -0.2) is 15.9 Å². The number of pyridine rings is 2. The van der Waals surface area contributed by atoms with Crippen LogP contribution in [0.1, 0.15) is 21.6 Å². The van der Waals surface area contributed by atoms with Crippen LogP contribution in [0.5, 0.6) is 0 Å². The van der Waals surface area contributed by atoms with E-state index in [-0.39, 0.29) is 11.7 Å². The normalized spacial score (nSPS) is 10.3. The highest BCUT2D eigenvalue weighted by molar-refractivity contribution is 5.92. The molecule has 0 radical (unpaired) electrons. The van der Waals surface area contributed by atoms with Crippen molar-refractivity contribution in [3.8, 4) is 0 Å². The summed E-state index contributed by atoms with van der Waals surface area (Å²) in [6, 6.07) is 13.6. The molecule has 0 aliphatic rings. The topological polar surface area (TPSA) is 66.9 Å². The summed E-state index contributed by atoms with van der Waals surface area (Å²) in [6.07, 6.45) is 4.91. The van der Waals surface area contributed by atoms with E-state index < -0.39 is 0 Å². The first kappa shape index (κ1) is 16.6. The van der Waals surface area contributed by atoms with E-state index in [9.17, 15) is 9.18 Å². The summed E-state index contributed by atoms with van der Waals surface area (Å²) in [4.78, 5) is 20.2. The average Bonchev–Trinajstić information content (AvgIpc) is 2.67. The van der Waals surface area contributed by atoms with E-state index in [4.69, 9.17) is 0 Å². The third-order valence-electron chi connectivity index (χ3n) is 3.64. The van der Waals surface area contributed by atoms with Crippen LogP contribution in [0.4, 0.5) is 10.1 Å². The van der Waals surface area contributed by atoms with Crippen LogP contribution in [0.15, 0.2) is 67.1 Å². The van der Waals surface area contributed by atoms with Crippen molar-refractivity contribution in [1.29, 1.82) is 0 Å². The summed E-state index contributed by atoms with van der Waals surface area (Å²) >= 11 is 0. The molecule has 0 aliphatic heterocycles. The van der Waals surface area contributed by atoms with Crippen molar-refractivity contribution in [3.63, 3.8) is 0 Å². The zero-order chi connectivity index (χ0) is 17.5. The highest BCUT2D eigenvalue weighted by Crippen LogP contribution is 2.11. The Morgan fingerprint density at radius 3 is 2.52 bits per heavy atom. The largest absolute Gasteiger partial charge is 0.380 e. The van der Waals surface area contributed by atoms with Crippen LogP contribution in [0.25, 0.3) is 0 Å². The molecular weight excluding hydrogens is 319 g/mol. The Morgan fingerprint density at radius 2 is 1.80 bits per heavy atom. The second kappa shape index (κ2) is 8.01. The molecule has 2 N–H and O–H groups in total. The lowest BCUT2D eigenvalue weighted by molar-refractivity contribution is 0.0946. The molecule has 3 rings (SSSR count). The lowest BCUT2D eigenvalue weighted by atomic mass is 10.2. The molecule has 5 nitrogen and oxygen atoms in total. The first-order valence-corrected chi connectivity index (χ1v) is 7.83. The zero-order valence-corrected chi connectivity index (χ0v) is 13.4. The summed E-state index contributed by atoms with van der Waals surface area (Å²) in [5, 5.41) is 5.89. The molecule has 1 amide bonds. The number of nitrogens with zero attached hydrogens (tertiary/aromatic N) is 2. The number of aromatic nitrogens is 2. The number of hydrogen-bond donors (Lipinski definition) is 2. The number of halogens is 1.